The number of aromatic nitrogens is 1. The Hall–Kier alpha value is -3.03. The molecule has 2 rings (SSSR count). The predicted molar refractivity (Wildman–Crippen MR) is 82.7 cm³/mol. The topological polar surface area (TPSA) is 80.3 Å². The van der Waals surface area contributed by atoms with Gasteiger partial charge in [0.05, 0.1) is 13.2 Å². The number of nitrogens with one attached hydrogen (secondary N) is 2. The quantitative estimate of drug-likeness (QED) is 0.847. The molecule has 1 aromatic carbocycles. The Balaban J connectivity index is 1.94. The van der Waals surface area contributed by atoms with Crippen molar-refractivity contribution < 1.29 is 23.1 Å². The van der Waals surface area contributed by atoms with Crippen LogP contribution in [0.3, 0.4) is 0 Å². The van der Waals surface area contributed by atoms with Crippen molar-refractivity contribution in [2.75, 3.05) is 18.5 Å². The van der Waals surface area contributed by atoms with Crippen molar-refractivity contribution in [2.45, 2.75) is 6.92 Å². The van der Waals surface area contributed by atoms with E-state index in [2.05, 4.69) is 15.6 Å². The largest absolute Gasteiger partial charge is 0.477 e. The molecule has 0 aliphatic rings. The summed E-state index contributed by atoms with van der Waals surface area (Å²) >= 11 is 0. The zero-order valence-corrected chi connectivity index (χ0v) is 12.8. The maximum absolute atomic E-state index is 13.1. The Kier molecular flexibility index (Phi) is 5.78. The first-order chi connectivity index (χ1) is 11.5. The van der Waals surface area contributed by atoms with Gasteiger partial charge in [0.1, 0.15) is 5.56 Å². The summed E-state index contributed by atoms with van der Waals surface area (Å²) in [4.78, 5) is 27.8. The van der Waals surface area contributed by atoms with E-state index in [0.717, 1.165) is 12.1 Å². The van der Waals surface area contributed by atoms with Gasteiger partial charge in [0.15, 0.2) is 11.6 Å². The molecule has 2 aromatic rings. The lowest BCUT2D eigenvalue weighted by atomic mass is 10.2. The highest BCUT2D eigenvalue weighted by Gasteiger charge is 2.14. The van der Waals surface area contributed by atoms with Crippen molar-refractivity contribution in [2.24, 2.45) is 0 Å². The molecule has 0 atom stereocenters. The number of amides is 2. The van der Waals surface area contributed by atoms with Gasteiger partial charge in [-0.2, -0.15) is 0 Å². The number of hydrogen-bond donors (Lipinski definition) is 2. The third-order valence-corrected chi connectivity index (χ3v) is 2.91. The summed E-state index contributed by atoms with van der Waals surface area (Å²) < 4.78 is 31.1. The molecule has 8 heteroatoms. The summed E-state index contributed by atoms with van der Waals surface area (Å²) in [6.45, 7) is 1.75. The Morgan fingerprint density at radius 1 is 1.21 bits per heavy atom. The minimum Gasteiger partial charge on any atom is -0.477 e. The standard InChI is InChI=1S/C16H15F2N3O3/c1-2-24-16-11(4-3-7-19-16)15(23)20-9-14(22)21-10-5-6-12(17)13(18)8-10/h3-8H,2,9H2,1H3,(H,20,23)(H,21,22). The molecule has 0 radical (unpaired) electrons. The number of halogens is 2. The van der Waals surface area contributed by atoms with Gasteiger partial charge in [-0.25, -0.2) is 13.8 Å². The second-order valence-electron chi connectivity index (χ2n) is 4.65. The van der Waals surface area contributed by atoms with Gasteiger partial charge in [0, 0.05) is 18.0 Å². The Morgan fingerprint density at radius 3 is 2.71 bits per heavy atom. The van der Waals surface area contributed by atoms with Gasteiger partial charge in [0.25, 0.3) is 5.91 Å². The number of carbonyl (C=O) groups is 2. The van der Waals surface area contributed by atoms with Crippen LogP contribution >= 0.6 is 0 Å². The van der Waals surface area contributed by atoms with Crippen molar-refractivity contribution in [3.05, 3.63) is 53.7 Å². The van der Waals surface area contributed by atoms with Crippen LogP contribution in [-0.2, 0) is 4.79 Å². The lowest BCUT2D eigenvalue weighted by Gasteiger charge is -2.10. The normalized spacial score (nSPS) is 10.1. The van der Waals surface area contributed by atoms with E-state index in [-0.39, 0.29) is 23.7 Å². The first-order valence-corrected chi connectivity index (χ1v) is 7.12. The van der Waals surface area contributed by atoms with Gasteiger partial charge in [-0.05, 0) is 31.2 Å². The third kappa shape index (κ3) is 4.48. The SMILES string of the molecule is CCOc1ncccc1C(=O)NCC(=O)Nc1ccc(F)c(F)c1. The minimum absolute atomic E-state index is 0.0875. The van der Waals surface area contributed by atoms with Crippen LogP contribution in [0.5, 0.6) is 5.88 Å². The summed E-state index contributed by atoms with van der Waals surface area (Å²) in [6, 6.07) is 6.04. The van der Waals surface area contributed by atoms with Crippen LogP contribution in [0.1, 0.15) is 17.3 Å². The molecule has 0 saturated carbocycles. The van der Waals surface area contributed by atoms with Crippen LogP contribution in [0.25, 0.3) is 0 Å². The molecule has 0 bridgehead atoms. The molecule has 0 unspecified atom stereocenters. The molecule has 0 aliphatic heterocycles. The Labute approximate surface area is 136 Å². The molecule has 1 aromatic heterocycles. The van der Waals surface area contributed by atoms with E-state index >= 15 is 0 Å². The van der Waals surface area contributed by atoms with Crippen LogP contribution in [0.15, 0.2) is 36.5 Å². The number of hydrogen-bond acceptors (Lipinski definition) is 4. The Bertz CT molecular complexity index is 753. The van der Waals surface area contributed by atoms with E-state index in [1.54, 1.807) is 13.0 Å². The summed E-state index contributed by atoms with van der Waals surface area (Å²) in [5.74, 6) is -3.04. The fourth-order valence-electron chi connectivity index (χ4n) is 1.85. The monoisotopic (exact) mass is 335 g/mol. The average Bonchev–Trinajstić information content (AvgIpc) is 2.57. The van der Waals surface area contributed by atoms with Crippen LogP contribution in [-0.4, -0.2) is 29.9 Å². The molecule has 2 N–H and O–H groups in total. The summed E-state index contributed by atoms with van der Waals surface area (Å²) in [6.07, 6.45) is 1.48. The lowest BCUT2D eigenvalue weighted by Crippen LogP contribution is -2.33. The highest BCUT2D eigenvalue weighted by atomic mass is 19.2. The average molecular weight is 335 g/mol. The number of anilines is 1. The van der Waals surface area contributed by atoms with Crippen LogP contribution in [0.2, 0.25) is 0 Å². The lowest BCUT2D eigenvalue weighted by molar-refractivity contribution is -0.115. The van der Waals surface area contributed by atoms with Crippen LogP contribution < -0.4 is 15.4 Å². The summed E-state index contributed by atoms with van der Waals surface area (Å²) in [7, 11) is 0. The zero-order chi connectivity index (χ0) is 17.5. The maximum atomic E-state index is 13.1. The molecule has 0 spiro atoms. The highest BCUT2D eigenvalue weighted by molar-refractivity contribution is 6.00. The minimum atomic E-state index is -1.08. The second-order valence-corrected chi connectivity index (χ2v) is 4.65. The third-order valence-electron chi connectivity index (χ3n) is 2.91. The first-order valence-electron chi connectivity index (χ1n) is 7.12. The highest BCUT2D eigenvalue weighted by Crippen LogP contribution is 2.14. The van der Waals surface area contributed by atoms with Crippen molar-refractivity contribution >= 4 is 17.5 Å². The first kappa shape index (κ1) is 17.3. The van der Waals surface area contributed by atoms with E-state index in [9.17, 15) is 18.4 Å². The molecule has 2 amide bonds. The zero-order valence-electron chi connectivity index (χ0n) is 12.8. The number of pyridine rings is 1. The molecular formula is C16H15F2N3O3. The number of ether oxygens (including phenoxy) is 1. The number of benzene rings is 1. The molecule has 0 fully saturated rings. The van der Waals surface area contributed by atoms with E-state index in [1.807, 2.05) is 0 Å². The second kappa shape index (κ2) is 8.00. The van der Waals surface area contributed by atoms with E-state index in [1.165, 1.54) is 18.3 Å². The van der Waals surface area contributed by atoms with E-state index in [0.29, 0.717) is 6.61 Å². The van der Waals surface area contributed by atoms with Gasteiger partial charge in [-0.15, -0.1) is 0 Å². The summed E-state index contributed by atoms with van der Waals surface area (Å²) in [5, 5.41) is 4.75. The van der Waals surface area contributed by atoms with Gasteiger partial charge in [0.2, 0.25) is 11.8 Å². The molecule has 1 heterocycles. The smallest absolute Gasteiger partial charge is 0.257 e. The number of nitrogens with zero attached hydrogens (tertiary/aromatic N) is 1. The predicted octanol–water partition coefficient (Wildman–Crippen LogP) is 2.13. The molecule has 24 heavy (non-hydrogen) atoms. The molecule has 126 valence electrons. The summed E-state index contributed by atoms with van der Waals surface area (Å²) in [5.41, 5.74) is 0.282. The molecule has 0 saturated heterocycles. The fraction of sp³-hybridized carbons (Fsp3) is 0.188. The molecule has 0 aliphatic carbocycles. The van der Waals surface area contributed by atoms with Gasteiger partial charge < -0.3 is 15.4 Å². The number of carbonyl (C=O) groups excluding carboxylic acids is 2. The van der Waals surface area contributed by atoms with Crippen LogP contribution in [0, 0.1) is 11.6 Å². The van der Waals surface area contributed by atoms with Crippen molar-refractivity contribution in [1.29, 1.82) is 0 Å². The van der Waals surface area contributed by atoms with Gasteiger partial charge in [-0.3, -0.25) is 9.59 Å². The Morgan fingerprint density at radius 2 is 2.00 bits per heavy atom. The molecular weight excluding hydrogens is 320 g/mol. The van der Waals surface area contributed by atoms with Crippen molar-refractivity contribution in [3.8, 4) is 5.88 Å². The maximum Gasteiger partial charge on any atom is 0.257 e. The van der Waals surface area contributed by atoms with Crippen molar-refractivity contribution in [3.63, 3.8) is 0 Å². The van der Waals surface area contributed by atoms with E-state index < -0.39 is 23.4 Å². The number of rotatable bonds is 6. The fourth-order valence-corrected chi connectivity index (χ4v) is 1.85. The van der Waals surface area contributed by atoms with E-state index in [4.69, 9.17) is 4.74 Å². The van der Waals surface area contributed by atoms with Crippen LogP contribution in [0.4, 0.5) is 14.5 Å². The van der Waals surface area contributed by atoms with Gasteiger partial charge in [-0.1, -0.05) is 0 Å². The molecule has 6 nitrogen and oxygen atoms in total. The van der Waals surface area contributed by atoms with Crippen molar-refractivity contribution in [1.82, 2.24) is 10.3 Å². The van der Waals surface area contributed by atoms with Gasteiger partial charge >= 0.3 is 0 Å².